The zero-order valence-corrected chi connectivity index (χ0v) is 9.40. The second kappa shape index (κ2) is 4.66. The van der Waals surface area contributed by atoms with Gasteiger partial charge in [0.05, 0.1) is 11.9 Å². The number of anilines is 1. The summed E-state index contributed by atoms with van der Waals surface area (Å²) in [6, 6.07) is 11.8. The van der Waals surface area contributed by atoms with Gasteiger partial charge in [0.15, 0.2) is 0 Å². The summed E-state index contributed by atoms with van der Waals surface area (Å²) in [7, 11) is 0. The molecule has 0 radical (unpaired) electrons. The summed E-state index contributed by atoms with van der Waals surface area (Å²) in [6.45, 7) is 3.95. The number of furan rings is 1. The van der Waals surface area contributed by atoms with Crippen LogP contribution in [0.4, 0.5) is 5.69 Å². The Hall–Kier alpha value is -2.03. The zero-order valence-electron chi connectivity index (χ0n) is 9.40. The van der Waals surface area contributed by atoms with E-state index >= 15 is 0 Å². The van der Waals surface area contributed by atoms with Crippen LogP contribution in [0.2, 0.25) is 0 Å². The maximum absolute atomic E-state index is 5.36. The van der Waals surface area contributed by atoms with Crippen molar-refractivity contribution >= 4 is 11.9 Å². The maximum Gasteiger partial charge on any atom is 0.147 e. The summed E-state index contributed by atoms with van der Waals surface area (Å²) in [4.78, 5) is 0. The van der Waals surface area contributed by atoms with E-state index in [0.717, 1.165) is 17.2 Å². The van der Waals surface area contributed by atoms with Crippen molar-refractivity contribution in [3.63, 3.8) is 0 Å². The van der Waals surface area contributed by atoms with E-state index in [1.807, 2.05) is 50.2 Å². The van der Waals surface area contributed by atoms with Crippen LogP contribution in [-0.2, 0) is 0 Å². The molecule has 1 heterocycles. The monoisotopic (exact) mass is 214 g/mol. The number of rotatable bonds is 3. The van der Waals surface area contributed by atoms with E-state index in [4.69, 9.17) is 4.42 Å². The molecule has 0 aliphatic rings. The molecule has 82 valence electrons. The van der Waals surface area contributed by atoms with E-state index < -0.39 is 0 Å². The zero-order chi connectivity index (χ0) is 11.4. The second-order valence-corrected chi connectivity index (χ2v) is 3.69. The third-order valence-corrected chi connectivity index (χ3v) is 2.16. The lowest BCUT2D eigenvalue weighted by Gasteiger charge is -1.99. The minimum absolute atomic E-state index is 0.748. The Morgan fingerprint density at radius 3 is 2.75 bits per heavy atom. The number of hydrazone groups is 1. The van der Waals surface area contributed by atoms with E-state index in [9.17, 15) is 0 Å². The van der Waals surface area contributed by atoms with Gasteiger partial charge in [-0.2, -0.15) is 5.10 Å². The summed E-state index contributed by atoms with van der Waals surface area (Å²) in [6.07, 6.45) is 1.66. The number of aryl methyl sites for hydroxylation is 2. The minimum Gasteiger partial charge on any atom is -0.460 e. The second-order valence-electron chi connectivity index (χ2n) is 3.69. The number of nitrogens with zero attached hydrogens (tertiary/aromatic N) is 1. The SMILES string of the molecule is Cc1cccc(N/N=C\c2ccc(C)o2)c1. The first-order valence-corrected chi connectivity index (χ1v) is 5.16. The van der Waals surface area contributed by atoms with Crippen molar-refractivity contribution < 1.29 is 4.42 Å². The fourth-order valence-corrected chi connectivity index (χ4v) is 1.41. The van der Waals surface area contributed by atoms with Crippen molar-refractivity contribution in [1.82, 2.24) is 0 Å². The molecule has 0 spiro atoms. The Bertz CT molecular complexity index is 500. The average molecular weight is 214 g/mol. The molecule has 1 aromatic carbocycles. The first kappa shape index (κ1) is 10.5. The van der Waals surface area contributed by atoms with Crippen LogP contribution in [0.5, 0.6) is 0 Å². The van der Waals surface area contributed by atoms with Gasteiger partial charge in [-0.15, -0.1) is 0 Å². The smallest absolute Gasteiger partial charge is 0.147 e. The van der Waals surface area contributed by atoms with Crippen molar-refractivity contribution in [2.24, 2.45) is 5.10 Å². The van der Waals surface area contributed by atoms with Crippen molar-refractivity contribution in [2.75, 3.05) is 5.43 Å². The van der Waals surface area contributed by atoms with Crippen LogP contribution in [0, 0.1) is 13.8 Å². The molecule has 0 atom stereocenters. The molecular formula is C13H14N2O. The summed E-state index contributed by atoms with van der Waals surface area (Å²) in [5, 5.41) is 4.10. The lowest BCUT2D eigenvalue weighted by molar-refractivity contribution is 0.528. The molecule has 0 bridgehead atoms. The Morgan fingerprint density at radius 1 is 1.19 bits per heavy atom. The van der Waals surface area contributed by atoms with Gasteiger partial charge in [0, 0.05) is 0 Å². The molecule has 0 aliphatic heterocycles. The average Bonchev–Trinajstić information content (AvgIpc) is 2.64. The number of hydrogen-bond donors (Lipinski definition) is 1. The summed E-state index contributed by atoms with van der Waals surface area (Å²) < 4.78 is 5.36. The summed E-state index contributed by atoms with van der Waals surface area (Å²) in [5.74, 6) is 1.63. The molecular weight excluding hydrogens is 200 g/mol. The third-order valence-electron chi connectivity index (χ3n) is 2.16. The Labute approximate surface area is 94.8 Å². The minimum atomic E-state index is 0.748. The highest BCUT2D eigenvalue weighted by Crippen LogP contribution is 2.09. The Kier molecular flexibility index (Phi) is 3.05. The van der Waals surface area contributed by atoms with Crippen molar-refractivity contribution in [2.45, 2.75) is 13.8 Å². The molecule has 0 fully saturated rings. The summed E-state index contributed by atoms with van der Waals surface area (Å²) in [5.41, 5.74) is 5.13. The molecule has 2 aromatic rings. The van der Waals surface area contributed by atoms with Gasteiger partial charge in [-0.3, -0.25) is 5.43 Å². The van der Waals surface area contributed by atoms with Gasteiger partial charge in [0.1, 0.15) is 11.5 Å². The predicted molar refractivity (Wildman–Crippen MR) is 65.8 cm³/mol. The number of benzene rings is 1. The molecule has 1 N–H and O–H groups in total. The molecule has 0 aliphatic carbocycles. The topological polar surface area (TPSA) is 37.5 Å². The van der Waals surface area contributed by atoms with Gasteiger partial charge in [0.25, 0.3) is 0 Å². The van der Waals surface area contributed by atoms with Crippen molar-refractivity contribution in [3.05, 3.63) is 53.5 Å². The molecule has 1 aromatic heterocycles. The van der Waals surface area contributed by atoms with Crippen LogP contribution in [0.3, 0.4) is 0 Å². The maximum atomic E-state index is 5.36. The fraction of sp³-hybridized carbons (Fsp3) is 0.154. The molecule has 0 unspecified atom stereocenters. The lowest BCUT2D eigenvalue weighted by atomic mass is 10.2. The van der Waals surface area contributed by atoms with Crippen LogP contribution in [0.15, 0.2) is 45.9 Å². The normalized spacial score (nSPS) is 10.9. The largest absolute Gasteiger partial charge is 0.460 e. The molecule has 3 nitrogen and oxygen atoms in total. The quantitative estimate of drug-likeness (QED) is 0.628. The molecule has 0 saturated heterocycles. The highest BCUT2D eigenvalue weighted by Gasteiger charge is 1.93. The number of hydrogen-bond acceptors (Lipinski definition) is 3. The van der Waals surface area contributed by atoms with Crippen LogP contribution in [-0.4, -0.2) is 6.21 Å². The molecule has 0 amide bonds. The van der Waals surface area contributed by atoms with Crippen LogP contribution < -0.4 is 5.43 Å². The first-order valence-electron chi connectivity index (χ1n) is 5.16. The van der Waals surface area contributed by atoms with Crippen LogP contribution >= 0.6 is 0 Å². The highest BCUT2D eigenvalue weighted by atomic mass is 16.3. The van der Waals surface area contributed by atoms with Crippen LogP contribution in [0.1, 0.15) is 17.1 Å². The van der Waals surface area contributed by atoms with Crippen molar-refractivity contribution in [1.29, 1.82) is 0 Å². The van der Waals surface area contributed by atoms with E-state index in [2.05, 4.69) is 10.5 Å². The van der Waals surface area contributed by atoms with E-state index in [1.165, 1.54) is 5.56 Å². The standard InChI is InChI=1S/C13H14N2O/c1-10-4-3-5-12(8-10)15-14-9-13-7-6-11(2)16-13/h3-9,15H,1-2H3/b14-9-. The van der Waals surface area contributed by atoms with Gasteiger partial charge in [-0.1, -0.05) is 12.1 Å². The lowest BCUT2D eigenvalue weighted by Crippen LogP contribution is -1.89. The Balaban J connectivity index is 1.99. The fourth-order valence-electron chi connectivity index (χ4n) is 1.41. The van der Waals surface area contributed by atoms with E-state index in [-0.39, 0.29) is 0 Å². The van der Waals surface area contributed by atoms with Gasteiger partial charge in [0.2, 0.25) is 0 Å². The van der Waals surface area contributed by atoms with Gasteiger partial charge >= 0.3 is 0 Å². The first-order chi connectivity index (χ1) is 7.74. The van der Waals surface area contributed by atoms with Gasteiger partial charge in [-0.05, 0) is 43.7 Å². The predicted octanol–water partition coefficient (Wildman–Crippen LogP) is 3.34. The molecule has 0 saturated carbocycles. The van der Waals surface area contributed by atoms with Crippen molar-refractivity contribution in [3.8, 4) is 0 Å². The van der Waals surface area contributed by atoms with Gasteiger partial charge in [-0.25, -0.2) is 0 Å². The van der Waals surface area contributed by atoms with Gasteiger partial charge < -0.3 is 4.42 Å². The third kappa shape index (κ3) is 2.73. The van der Waals surface area contributed by atoms with Crippen LogP contribution in [0.25, 0.3) is 0 Å². The Morgan fingerprint density at radius 2 is 2.06 bits per heavy atom. The van der Waals surface area contributed by atoms with E-state index in [0.29, 0.717) is 0 Å². The van der Waals surface area contributed by atoms with E-state index in [1.54, 1.807) is 6.21 Å². The number of nitrogens with one attached hydrogen (secondary N) is 1. The summed E-state index contributed by atoms with van der Waals surface area (Å²) >= 11 is 0. The molecule has 2 rings (SSSR count). The molecule has 16 heavy (non-hydrogen) atoms. The molecule has 3 heteroatoms. The highest BCUT2D eigenvalue weighted by molar-refractivity contribution is 5.76.